The molecule has 3 heteroatoms. The lowest BCUT2D eigenvalue weighted by Crippen LogP contribution is -1.99. The predicted molar refractivity (Wildman–Crippen MR) is 63.1 cm³/mol. The molecule has 1 nitrogen and oxygen atoms in total. The molecule has 1 aromatic rings. The van der Waals surface area contributed by atoms with Gasteiger partial charge in [0.15, 0.2) is 0 Å². The maximum absolute atomic E-state index is 12.5. The van der Waals surface area contributed by atoms with Crippen molar-refractivity contribution in [3.05, 3.63) is 35.6 Å². The molecule has 0 saturated heterocycles. The fraction of sp³-hybridized carbons (Fsp3) is 0.455. The summed E-state index contributed by atoms with van der Waals surface area (Å²) in [5.41, 5.74) is 1.09. The van der Waals surface area contributed by atoms with E-state index in [1.165, 1.54) is 6.07 Å². The highest BCUT2D eigenvalue weighted by atomic mass is 19.1. The molecule has 0 aromatic heterocycles. The quantitative estimate of drug-likeness (QED) is 0.648. The van der Waals surface area contributed by atoms with E-state index >= 15 is 0 Å². The van der Waals surface area contributed by atoms with Crippen LogP contribution in [-0.4, -0.2) is 33.9 Å². The zero-order chi connectivity index (χ0) is 11.0. The van der Waals surface area contributed by atoms with Crippen LogP contribution in [0.4, 0.5) is 4.39 Å². The third-order valence-corrected chi connectivity index (χ3v) is 1.43. The minimum atomic E-state index is -0.133. The maximum Gasteiger partial charge on any atom is 0.123 e. The molecule has 0 saturated carbocycles. The van der Waals surface area contributed by atoms with Gasteiger partial charge in [-0.1, -0.05) is 18.5 Å². The molecule has 0 aliphatic heterocycles. The summed E-state index contributed by atoms with van der Waals surface area (Å²) in [6.45, 7) is 0. The molecule has 0 atom stereocenters. The van der Waals surface area contributed by atoms with Crippen molar-refractivity contribution < 1.29 is 4.39 Å². The van der Waals surface area contributed by atoms with Crippen molar-refractivity contribution in [2.24, 2.45) is 0 Å². The number of nitrogens with zero attached hydrogens (tertiary/aromatic N) is 1. The monoisotopic (exact) mass is 195 g/mol. The van der Waals surface area contributed by atoms with Gasteiger partial charge < -0.3 is 4.90 Å². The van der Waals surface area contributed by atoms with Gasteiger partial charge in [-0.15, -0.1) is 0 Å². The largest absolute Gasteiger partial charge is 0.312 e. The van der Waals surface area contributed by atoms with Gasteiger partial charge in [0.05, 0.1) is 0 Å². The standard InChI is InChI=1S/C8H10BF.C3H9N/c9-5-4-7-2-1-3-8(10)6-7;1-4(2)3/h1-3,6H,4-5,9H2;1-3H3. The summed E-state index contributed by atoms with van der Waals surface area (Å²) >= 11 is 0. The summed E-state index contributed by atoms with van der Waals surface area (Å²) in [6.07, 6.45) is 2.04. The minimum absolute atomic E-state index is 0.133. The average molecular weight is 195 g/mol. The number of aryl methyl sites for hydroxylation is 1. The molecule has 0 aliphatic rings. The Labute approximate surface area is 87.3 Å². The highest BCUT2D eigenvalue weighted by Gasteiger charge is 1.91. The molecule has 0 bridgehead atoms. The van der Waals surface area contributed by atoms with E-state index in [-0.39, 0.29) is 5.82 Å². The number of halogens is 1. The van der Waals surface area contributed by atoms with Crippen LogP contribution in [-0.2, 0) is 6.42 Å². The lowest BCUT2D eigenvalue weighted by atomic mass is 9.97. The fourth-order valence-electron chi connectivity index (χ4n) is 0.981. The van der Waals surface area contributed by atoms with E-state index in [1.807, 2.05) is 32.1 Å². The molecule has 1 rings (SSSR count). The summed E-state index contributed by atoms with van der Waals surface area (Å²) in [4.78, 5) is 2.00. The van der Waals surface area contributed by atoms with Gasteiger partial charge in [-0.25, -0.2) is 4.39 Å². The van der Waals surface area contributed by atoms with E-state index in [2.05, 4.69) is 7.85 Å². The van der Waals surface area contributed by atoms with Crippen LogP contribution in [0.5, 0.6) is 0 Å². The Kier molecular flexibility index (Phi) is 7.12. The van der Waals surface area contributed by atoms with Gasteiger partial charge >= 0.3 is 0 Å². The molecule has 0 unspecified atom stereocenters. The number of hydrogen-bond donors (Lipinski definition) is 0. The Morgan fingerprint density at radius 3 is 2.29 bits per heavy atom. The summed E-state index contributed by atoms with van der Waals surface area (Å²) < 4.78 is 12.5. The Morgan fingerprint density at radius 1 is 1.29 bits per heavy atom. The first-order valence-electron chi connectivity index (χ1n) is 4.91. The Hall–Kier alpha value is -0.825. The van der Waals surface area contributed by atoms with Gasteiger partial charge in [0, 0.05) is 0 Å². The van der Waals surface area contributed by atoms with Crippen LogP contribution >= 0.6 is 0 Å². The van der Waals surface area contributed by atoms with Crippen LogP contribution in [0.25, 0.3) is 0 Å². The highest BCUT2D eigenvalue weighted by molar-refractivity contribution is 6.08. The van der Waals surface area contributed by atoms with Crippen molar-refractivity contribution in [1.29, 1.82) is 0 Å². The first-order valence-corrected chi connectivity index (χ1v) is 4.91. The summed E-state index contributed by atoms with van der Waals surface area (Å²) in [7, 11) is 8.09. The van der Waals surface area contributed by atoms with Crippen molar-refractivity contribution >= 4 is 7.85 Å². The van der Waals surface area contributed by atoms with Crippen LogP contribution < -0.4 is 0 Å². The van der Waals surface area contributed by atoms with Crippen LogP contribution in [0.3, 0.4) is 0 Å². The third kappa shape index (κ3) is 7.81. The molecule has 0 aliphatic carbocycles. The van der Waals surface area contributed by atoms with Crippen LogP contribution in [0.2, 0.25) is 6.32 Å². The zero-order valence-electron chi connectivity index (χ0n) is 9.55. The van der Waals surface area contributed by atoms with Gasteiger partial charge in [-0.3, -0.25) is 0 Å². The Bertz CT molecular complexity index is 248. The third-order valence-electron chi connectivity index (χ3n) is 1.43. The molecule has 14 heavy (non-hydrogen) atoms. The molecule has 0 N–H and O–H groups in total. The topological polar surface area (TPSA) is 3.24 Å². The van der Waals surface area contributed by atoms with E-state index in [1.54, 1.807) is 12.1 Å². The molecule has 0 heterocycles. The highest BCUT2D eigenvalue weighted by Crippen LogP contribution is 2.04. The van der Waals surface area contributed by atoms with E-state index in [9.17, 15) is 4.39 Å². The first kappa shape index (κ1) is 13.2. The lowest BCUT2D eigenvalue weighted by Gasteiger charge is -1.95. The fourth-order valence-corrected chi connectivity index (χ4v) is 0.981. The average Bonchev–Trinajstić information content (AvgIpc) is 2.03. The smallest absolute Gasteiger partial charge is 0.123 e. The van der Waals surface area contributed by atoms with Gasteiger partial charge in [-0.05, 0) is 45.3 Å². The van der Waals surface area contributed by atoms with E-state index < -0.39 is 0 Å². The maximum atomic E-state index is 12.5. The second-order valence-corrected chi connectivity index (χ2v) is 3.72. The van der Waals surface area contributed by atoms with Gasteiger partial charge in [0.2, 0.25) is 0 Å². The summed E-state index contributed by atoms with van der Waals surface area (Å²) in [6, 6.07) is 6.76. The van der Waals surface area contributed by atoms with Crippen molar-refractivity contribution in [1.82, 2.24) is 4.90 Å². The Morgan fingerprint density at radius 2 is 1.86 bits per heavy atom. The van der Waals surface area contributed by atoms with Crippen LogP contribution in [0.15, 0.2) is 24.3 Å². The summed E-state index contributed by atoms with van der Waals surface area (Å²) in [5.74, 6) is -0.133. The lowest BCUT2D eigenvalue weighted by molar-refractivity contribution is 0.505. The van der Waals surface area contributed by atoms with Crippen molar-refractivity contribution in [3.63, 3.8) is 0 Å². The predicted octanol–water partition coefficient (Wildman–Crippen LogP) is 1.60. The van der Waals surface area contributed by atoms with Gasteiger partial charge in [0.25, 0.3) is 0 Å². The molecule has 0 amide bonds. The Balaban J connectivity index is 0.000000364. The van der Waals surface area contributed by atoms with Crippen LogP contribution in [0, 0.1) is 5.82 Å². The van der Waals surface area contributed by atoms with Crippen LogP contribution in [0.1, 0.15) is 5.56 Å². The van der Waals surface area contributed by atoms with Gasteiger partial charge in [0.1, 0.15) is 13.7 Å². The normalized spacial score (nSPS) is 9.50. The minimum Gasteiger partial charge on any atom is -0.312 e. The van der Waals surface area contributed by atoms with E-state index in [4.69, 9.17) is 0 Å². The molecule has 0 fully saturated rings. The first-order chi connectivity index (χ1) is 6.56. The second-order valence-electron chi connectivity index (χ2n) is 3.72. The molecule has 1 aromatic carbocycles. The molecule has 0 spiro atoms. The second kappa shape index (κ2) is 7.57. The molecule has 0 radical (unpaired) electrons. The molecular formula is C11H19BFN. The zero-order valence-corrected chi connectivity index (χ0v) is 9.55. The van der Waals surface area contributed by atoms with Crippen molar-refractivity contribution in [2.75, 3.05) is 21.1 Å². The van der Waals surface area contributed by atoms with Gasteiger partial charge in [-0.2, -0.15) is 0 Å². The van der Waals surface area contributed by atoms with Crippen molar-refractivity contribution in [3.8, 4) is 0 Å². The number of rotatable bonds is 2. The molecular weight excluding hydrogens is 176 g/mol. The summed E-state index contributed by atoms with van der Waals surface area (Å²) in [5, 5.41) is 0. The van der Waals surface area contributed by atoms with E-state index in [0.717, 1.165) is 18.3 Å². The number of hydrogen-bond acceptors (Lipinski definition) is 1. The number of benzene rings is 1. The molecule has 78 valence electrons. The van der Waals surface area contributed by atoms with E-state index in [0.29, 0.717) is 0 Å². The van der Waals surface area contributed by atoms with Crippen molar-refractivity contribution in [2.45, 2.75) is 12.7 Å². The SMILES string of the molecule is BCCc1cccc(F)c1.CN(C)C.